The van der Waals surface area contributed by atoms with Gasteiger partial charge in [-0.3, -0.25) is 14.4 Å². The number of ketones is 2. The third-order valence-electron chi connectivity index (χ3n) is 5.39. The Balaban J connectivity index is 1.47. The maximum absolute atomic E-state index is 13.9. The van der Waals surface area contributed by atoms with Crippen LogP contribution < -0.4 is 5.32 Å². The number of amides is 1. The quantitative estimate of drug-likeness (QED) is 0.424. The Hall–Kier alpha value is -3.91. The molecule has 0 bridgehead atoms. The summed E-state index contributed by atoms with van der Waals surface area (Å²) < 4.78 is 31.9. The van der Waals surface area contributed by atoms with E-state index in [2.05, 4.69) is 5.32 Å². The predicted octanol–water partition coefficient (Wildman–Crippen LogP) is 4.43. The summed E-state index contributed by atoms with van der Waals surface area (Å²) in [5.41, 5.74) is 0.250. The fraction of sp³-hybridized carbons (Fsp3) is 0.120. The standard InChI is InChI=1S/C25H16ClF2NO5/c1-12(14-7-6-13(27)10-19(14)28)29-20(30)11-34-25(33)18-9-8-17-21(22(18)26)24(32)16-5-3-2-4-15(16)23(17)31/h2-10,12H,11H2,1H3,(H,29,30). The molecule has 1 amide bonds. The molecule has 4 rings (SSSR count). The number of rotatable bonds is 5. The number of hydrogen-bond donors (Lipinski definition) is 1. The van der Waals surface area contributed by atoms with Crippen LogP contribution in [0.3, 0.4) is 0 Å². The summed E-state index contributed by atoms with van der Waals surface area (Å²) in [4.78, 5) is 50.4. The predicted molar refractivity (Wildman–Crippen MR) is 118 cm³/mol. The van der Waals surface area contributed by atoms with Gasteiger partial charge in [0.2, 0.25) is 0 Å². The smallest absolute Gasteiger partial charge is 0.340 e. The summed E-state index contributed by atoms with van der Waals surface area (Å²) >= 11 is 6.31. The molecule has 3 aromatic carbocycles. The molecule has 9 heteroatoms. The molecule has 0 saturated heterocycles. The van der Waals surface area contributed by atoms with E-state index >= 15 is 0 Å². The minimum atomic E-state index is -0.984. The van der Waals surface area contributed by atoms with Gasteiger partial charge in [0.05, 0.1) is 22.2 Å². The fourth-order valence-electron chi connectivity index (χ4n) is 3.73. The van der Waals surface area contributed by atoms with Crippen LogP contribution in [0.4, 0.5) is 8.78 Å². The van der Waals surface area contributed by atoms with Gasteiger partial charge < -0.3 is 10.1 Å². The third kappa shape index (κ3) is 4.20. The number of hydrogen-bond acceptors (Lipinski definition) is 5. The van der Waals surface area contributed by atoms with E-state index in [1.807, 2.05) is 0 Å². The number of fused-ring (bicyclic) bond motifs is 2. The summed E-state index contributed by atoms with van der Waals surface area (Å²) in [6.07, 6.45) is 0. The van der Waals surface area contributed by atoms with Gasteiger partial charge in [-0.2, -0.15) is 0 Å². The van der Waals surface area contributed by atoms with Gasteiger partial charge in [0, 0.05) is 28.3 Å². The highest BCUT2D eigenvalue weighted by Crippen LogP contribution is 2.34. The molecule has 1 aliphatic carbocycles. The number of benzene rings is 3. The first kappa shape index (κ1) is 23.3. The molecule has 1 N–H and O–H groups in total. The lowest BCUT2D eigenvalue weighted by molar-refractivity contribution is -0.124. The molecule has 3 aromatic rings. The summed E-state index contributed by atoms with van der Waals surface area (Å²) in [6.45, 7) is 0.770. The number of carbonyl (C=O) groups is 4. The fourth-order valence-corrected chi connectivity index (χ4v) is 4.05. The molecule has 172 valence electrons. The van der Waals surface area contributed by atoms with E-state index in [-0.39, 0.29) is 38.4 Å². The molecule has 0 aliphatic heterocycles. The number of nitrogens with one attached hydrogen (secondary N) is 1. The Bertz CT molecular complexity index is 1370. The van der Waals surface area contributed by atoms with Crippen molar-refractivity contribution in [1.82, 2.24) is 5.32 Å². The summed E-state index contributed by atoms with van der Waals surface area (Å²) in [7, 11) is 0. The van der Waals surface area contributed by atoms with Gasteiger partial charge in [0.1, 0.15) is 11.6 Å². The van der Waals surface area contributed by atoms with Crippen LogP contribution >= 0.6 is 11.6 Å². The first-order valence-corrected chi connectivity index (χ1v) is 10.5. The molecule has 1 atom stereocenters. The molecule has 0 saturated carbocycles. The van der Waals surface area contributed by atoms with Crippen molar-refractivity contribution in [2.24, 2.45) is 0 Å². The van der Waals surface area contributed by atoms with Crippen molar-refractivity contribution in [3.05, 3.63) is 105 Å². The lowest BCUT2D eigenvalue weighted by atomic mass is 9.83. The molecule has 1 aliphatic rings. The van der Waals surface area contributed by atoms with Crippen molar-refractivity contribution in [2.75, 3.05) is 6.61 Å². The normalized spacial score (nSPS) is 13.1. The summed E-state index contributed by atoms with van der Waals surface area (Å²) in [6, 6.07) is 11.0. The van der Waals surface area contributed by atoms with Crippen LogP contribution in [0.15, 0.2) is 54.6 Å². The topological polar surface area (TPSA) is 89.5 Å². The zero-order valence-electron chi connectivity index (χ0n) is 17.7. The highest BCUT2D eigenvalue weighted by Gasteiger charge is 2.33. The van der Waals surface area contributed by atoms with Crippen molar-refractivity contribution in [2.45, 2.75) is 13.0 Å². The van der Waals surface area contributed by atoms with Gasteiger partial charge in [-0.25, -0.2) is 13.6 Å². The van der Waals surface area contributed by atoms with Gasteiger partial charge >= 0.3 is 5.97 Å². The Morgan fingerprint density at radius 3 is 2.32 bits per heavy atom. The van der Waals surface area contributed by atoms with Crippen LogP contribution in [0, 0.1) is 11.6 Å². The van der Waals surface area contributed by atoms with Crippen LogP contribution in [0.1, 0.15) is 60.7 Å². The van der Waals surface area contributed by atoms with Crippen molar-refractivity contribution < 1.29 is 32.7 Å². The monoisotopic (exact) mass is 483 g/mol. The van der Waals surface area contributed by atoms with E-state index < -0.39 is 47.7 Å². The molecule has 0 radical (unpaired) electrons. The summed E-state index contributed by atoms with van der Waals surface area (Å²) in [5, 5.41) is 2.19. The Labute approximate surface area is 197 Å². The first-order chi connectivity index (χ1) is 16.2. The second kappa shape index (κ2) is 9.15. The lowest BCUT2D eigenvalue weighted by Gasteiger charge is -2.19. The molecule has 0 aromatic heterocycles. The Morgan fingerprint density at radius 2 is 1.65 bits per heavy atom. The van der Waals surface area contributed by atoms with Gasteiger partial charge in [0.15, 0.2) is 18.2 Å². The number of carbonyl (C=O) groups excluding carboxylic acids is 4. The minimum Gasteiger partial charge on any atom is -0.452 e. The van der Waals surface area contributed by atoms with E-state index in [0.717, 1.165) is 6.07 Å². The van der Waals surface area contributed by atoms with Crippen molar-refractivity contribution in [3.63, 3.8) is 0 Å². The zero-order valence-corrected chi connectivity index (χ0v) is 18.4. The molecule has 0 heterocycles. The molecular weight excluding hydrogens is 468 g/mol. The molecule has 34 heavy (non-hydrogen) atoms. The molecular formula is C25H16ClF2NO5. The zero-order chi connectivity index (χ0) is 24.6. The van der Waals surface area contributed by atoms with E-state index in [1.165, 1.54) is 37.3 Å². The molecule has 1 unspecified atom stereocenters. The van der Waals surface area contributed by atoms with E-state index in [4.69, 9.17) is 16.3 Å². The Kier molecular flexibility index (Phi) is 6.26. The first-order valence-electron chi connectivity index (χ1n) is 10.1. The van der Waals surface area contributed by atoms with Crippen LogP contribution in [-0.2, 0) is 9.53 Å². The molecule has 6 nitrogen and oxygen atoms in total. The summed E-state index contributed by atoms with van der Waals surface area (Å²) in [5.74, 6) is -4.20. The van der Waals surface area contributed by atoms with Crippen LogP contribution in [0.25, 0.3) is 0 Å². The highest BCUT2D eigenvalue weighted by molar-refractivity contribution is 6.41. The van der Waals surface area contributed by atoms with Gasteiger partial charge in [-0.1, -0.05) is 41.9 Å². The second-order valence-electron chi connectivity index (χ2n) is 7.58. The molecule has 0 fully saturated rings. The van der Waals surface area contributed by atoms with Gasteiger partial charge in [-0.15, -0.1) is 0 Å². The lowest BCUT2D eigenvalue weighted by Crippen LogP contribution is -2.31. The third-order valence-corrected chi connectivity index (χ3v) is 5.78. The SMILES string of the molecule is CC(NC(=O)COC(=O)c1ccc2c(c1Cl)C(=O)c1ccccc1C2=O)c1ccc(F)cc1F. The average molecular weight is 484 g/mol. The second-order valence-corrected chi connectivity index (χ2v) is 7.96. The largest absolute Gasteiger partial charge is 0.452 e. The Morgan fingerprint density at radius 1 is 0.971 bits per heavy atom. The van der Waals surface area contributed by atoms with Gasteiger partial charge in [-0.05, 0) is 25.1 Å². The van der Waals surface area contributed by atoms with Crippen LogP contribution in [-0.4, -0.2) is 30.0 Å². The van der Waals surface area contributed by atoms with Crippen LogP contribution in [0.2, 0.25) is 5.02 Å². The number of esters is 1. The van der Waals surface area contributed by atoms with Crippen molar-refractivity contribution in [1.29, 1.82) is 0 Å². The van der Waals surface area contributed by atoms with Crippen molar-refractivity contribution >= 4 is 35.0 Å². The van der Waals surface area contributed by atoms with E-state index in [9.17, 15) is 28.0 Å². The van der Waals surface area contributed by atoms with Gasteiger partial charge in [0.25, 0.3) is 5.91 Å². The maximum atomic E-state index is 13.9. The highest BCUT2D eigenvalue weighted by atomic mass is 35.5. The minimum absolute atomic E-state index is 0.0577. The number of ether oxygens (including phenoxy) is 1. The molecule has 0 spiro atoms. The average Bonchev–Trinajstić information content (AvgIpc) is 2.80. The van der Waals surface area contributed by atoms with Crippen LogP contribution in [0.5, 0.6) is 0 Å². The number of halogens is 3. The van der Waals surface area contributed by atoms with Crippen molar-refractivity contribution in [3.8, 4) is 0 Å². The maximum Gasteiger partial charge on any atom is 0.340 e. The van der Waals surface area contributed by atoms with E-state index in [1.54, 1.807) is 12.1 Å². The van der Waals surface area contributed by atoms with E-state index in [0.29, 0.717) is 6.07 Å².